The second-order valence-electron chi connectivity index (χ2n) is 5.87. The molecule has 1 fully saturated rings. The van der Waals surface area contributed by atoms with Crippen molar-refractivity contribution in [3.8, 4) is 11.5 Å². The van der Waals surface area contributed by atoms with Crippen LogP contribution in [-0.4, -0.2) is 38.6 Å². The smallest absolute Gasteiger partial charge is 0.343 e. The Labute approximate surface area is 171 Å². The van der Waals surface area contributed by atoms with Crippen molar-refractivity contribution >= 4 is 41.1 Å². The molecule has 1 heterocycles. The van der Waals surface area contributed by atoms with E-state index in [4.69, 9.17) is 21.1 Å². The summed E-state index contributed by atoms with van der Waals surface area (Å²) in [5, 5.41) is 1.31. The van der Waals surface area contributed by atoms with Gasteiger partial charge in [0.2, 0.25) is 0 Å². The summed E-state index contributed by atoms with van der Waals surface area (Å²) in [5.41, 5.74) is 3.45. The number of carbonyl (C=O) groups excluding carboxylic acids is 3. The molecule has 29 heavy (non-hydrogen) atoms. The minimum Gasteiger partial charge on any atom is -0.493 e. The zero-order valence-electron chi connectivity index (χ0n) is 15.6. The number of halogens is 1. The highest BCUT2D eigenvalue weighted by Gasteiger charge is 2.34. The zero-order chi connectivity index (χ0) is 21.0. The third kappa shape index (κ3) is 4.33. The number of hydrazine groups is 1. The number of hydrogen-bond acceptors (Lipinski definition) is 6. The molecule has 2 amide bonds. The molecule has 3 rings (SSSR count). The van der Waals surface area contributed by atoms with Crippen LogP contribution < -0.4 is 19.9 Å². The van der Waals surface area contributed by atoms with Crippen LogP contribution in [0, 0.1) is 0 Å². The van der Waals surface area contributed by atoms with E-state index in [0.29, 0.717) is 11.3 Å². The second kappa shape index (κ2) is 8.66. The van der Waals surface area contributed by atoms with E-state index < -0.39 is 17.8 Å². The normalized spacial score (nSPS) is 14.7. The summed E-state index contributed by atoms with van der Waals surface area (Å²) >= 11 is 6.24. The molecule has 150 valence electrons. The second-order valence-corrected chi connectivity index (χ2v) is 6.28. The van der Waals surface area contributed by atoms with Gasteiger partial charge in [-0.1, -0.05) is 29.8 Å². The van der Waals surface area contributed by atoms with Crippen LogP contribution in [-0.2, 0) is 19.1 Å². The minimum atomic E-state index is -0.580. The molecule has 0 aliphatic carbocycles. The fraction of sp³-hybridized carbons (Fsp3) is 0.150. The summed E-state index contributed by atoms with van der Waals surface area (Å²) in [6.45, 7) is -0.347. The van der Waals surface area contributed by atoms with Crippen molar-refractivity contribution in [3.63, 3.8) is 0 Å². The molecule has 1 aliphatic rings. The first-order chi connectivity index (χ1) is 13.9. The monoisotopic (exact) mass is 416 g/mol. The summed E-state index contributed by atoms with van der Waals surface area (Å²) in [7, 11) is 2.64. The van der Waals surface area contributed by atoms with Crippen LogP contribution >= 0.6 is 11.6 Å². The van der Waals surface area contributed by atoms with Crippen LogP contribution in [0.25, 0.3) is 6.08 Å². The van der Waals surface area contributed by atoms with Gasteiger partial charge in [0.1, 0.15) is 5.57 Å². The summed E-state index contributed by atoms with van der Waals surface area (Å²) < 4.78 is 15.1. The molecule has 0 spiro atoms. The highest BCUT2D eigenvalue weighted by atomic mass is 35.5. The fourth-order valence-electron chi connectivity index (χ4n) is 2.64. The van der Waals surface area contributed by atoms with Crippen LogP contribution in [0.2, 0.25) is 5.02 Å². The molecule has 0 atom stereocenters. The van der Waals surface area contributed by atoms with Gasteiger partial charge < -0.3 is 14.2 Å². The van der Waals surface area contributed by atoms with Crippen molar-refractivity contribution in [2.75, 3.05) is 25.8 Å². The summed E-state index contributed by atoms with van der Waals surface area (Å²) in [5.74, 6) is -1.24. The standard InChI is InChI=1S/C20H17ClN2O6/c1-27-16-10-12(9-15(21)18(16)29-11-17(24)28-2)8-14-19(25)22-23(20(14)26)13-6-4-3-5-7-13/h3-10H,11H2,1-2H3,(H,22,25). The maximum Gasteiger partial charge on any atom is 0.343 e. The molecule has 9 heteroatoms. The van der Waals surface area contributed by atoms with Crippen LogP contribution in [0.1, 0.15) is 5.56 Å². The van der Waals surface area contributed by atoms with Crippen LogP contribution in [0.5, 0.6) is 11.5 Å². The SMILES string of the molecule is COC(=O)COc1c(Cl)cc(C=C2C(=O)NN(c3ccccc3)C2=O)cc1OC. The van der Waals surface area contributed by atoms with Crippen molar-refractivity contribution in [1.29, 1.82) is 0 Å². The Kier molecular flexibility index (Phi) is 6.04. The predicted molar refractivity (Wildman–Crippen MR) is 106 cm³/mol. The van der Waals surface area contributed by atoms with E-state index in [2.05, 4.69) is 10.2 Å². The number of nitrogens with one attached hydrogen (secondary N) is 1. The van der Waals surface area contributed by atoms with E-state index in [-0.39, 0.29) is 28.7 Å². The Morgan fingerprint density at radius 3 is 2.55 bits per heavy atom. The number of carbonyl (C=O) groups is 3. The lowest BCUT2D eigenvalue weighted by atomic mass is 10.1. The number of ether oxygens (including phenoxy) is 3. The molecule has 8 nitrogen and oxygen atoms in total. The number of para-hydroxylation sites is 1. The summed E-state index contributed by atoms with van der Waals surface area (Å²) in [6.07, 6.45) is 1.40. The highest BCUT2D eigenvalue weighted by Crippen LogP contribution is 2.37. The summed E-state index contributed by atoms with van der Waals surface area (Å²) in [4.78, 5) is 36.3. The molecular formula is C20H17ClN2O6. The van der Waals surface area contributed by atoms with Crippen molar-refractivity contribution in [2.45, 2.75) is 0 Å². The third-order valence-electron chi connectivity index (χ3n) is 4.03. The zero-order valence-corrected chi connectivity index (χ0v) is 16.4. The molecule has 1 saturated heterocycles. The van der Waals surface area contributed by atoms with E-state index in [1.54, 1.807) is 30.3 Å². The topological polar surface area (TPSA) is 94.2 Å². The number of benzene rings is 2. The number of anilines is 1. The maximum atomic E-state index is 12.7. The van der Waals surface area contributed by atoms with Crippen molar-refractivity contribution in [1.82, 2.24) is 5.43 Å². The lowest BCUT2D eigenvalue weighted by Crippen LogP contribution is -2.35. The predicted octanol–water partition coefficient (Wildman–Crippen LogP) is 2.36. The third-order valence-corrected chi connectivity index (χ3v) is 4.31. The minimum absolute atomic E-state index is 0.0600. The first-order valence-electron chi connectivity index (χ1n) is 8.44. The Hall–Kier alpha value is -3.52. The maximum absolute atomic E-state index is 12.7. The van der Waals surface area contributed by atoms with Gasteiger partial charge in [0, 0.05) is 0 Å². The van der Waals surface area contributed by atoms with Crippen molar-refractivity contribution in [3.05, 3.63) is 58.6 Å². The Morgan fingerprint density at radius 2 is 1.90 bits per heavy atom. The van der Waals surface area contributed by atoms with Crippen LogP contribution in [0.15, 0.2) is 48.0 Å². The van der Waals surface area contributed by atoms with E-state index in [1.807, 2.05) is 0 Å². The average Bonchev–Trinajstić information content (AvgIpc) is 3.01. The number of nitrogens with zero attached hydrogens (tertiary/aromatic N) is 1. The van der Waals surface area contributed by atoms with E-state index in [1.165, 1.54) is 37.4 Å². The number of esters is 1. The van der Waals surface area contributed by atoms with Gasteiger partial charge in [0.15, 0.2) is 18.1 Å². The average molecular weight is 417 g/mol. The van der Waals surface area contributed by atoms with Gasteiger partial charge in [0.25, 0.3) is 11.8 Å². The van der Waals surface area contributed by atoms with Gasteiger partial charge in [-0.05, 0) is 35.9 Å². The van der Waals surface area contributed by atoms with Gasteiger partial charge in [-0.25, -0.2) is 9.80 Å². The molecule has 2 aromatic rings. The molecule has 1 aliphatic heterocycles. The van der Waals surface area contributed by atoms with Crippen LogP contribution in [0.3, 0.4) is 0 Å². The number of amides is 2. The largest absolute Gasteiger partial charge is 0.493 e. The van der Waals surface area contributed by atoms with Crippen molar-refractivity contribution < 1.29 is 28.6 Å². The number of methoxy groups -OCH3 is 2. The molecule has 0 saturated carbocycles. The Morgan fingerprint density at radius 1 is 1.17 bits per heavy atom. The van der Waals surface area contributed by atoms with Gasteiger partial charge >= 0.3 is 5.97 Å². The van der Waals surface area contributed by atoms with E-state index in [9.17, 15) is 14.4 Å². The van der Waals surface area contributed by atoms with E-state index >= 15 is 0 Å². The van der Waals surface area contributed by atoms with Crippen LogP contribution in [0.4, 0.5) is 5.69 Å². The molecule has 0 unspecified atom stereocenters. The van der Waals surface area contributed by atoms with E-state index in [0.717, 1.165) is 0 Å². The quantitative estimate of drug-likeness (QED) is 0.441. The Balaban J connectivity index is 1.89. The molecule has 0 bridgehead atoms. The lowest BCUT2D eigenvalue weighted by Gasteiger charge is -2.14. The fourth-order valence-corrected chi connectivity index (χ4v) is 2.91. The first-order valence-corrected chi connectivity index (χ1v) is 8.81. The number of hydrogen-bond donors (Lipinski definition) is 1. The molecular weight excluding hydrogens is 400 g/mol. The molecule has 1 N–H and O–H groups in total. The van der Waals surface area contributed by atoms with Gasteiger partial charge in [-0.15, -0.1) is 0 Å². The summed E-state index contributed by atoms with van der Waals surface area (Å²) in [6, 6.07) is 11.8. The Bertz CT molecular complexity index is 990. The van der Waals surface area contributed by atoms with Gasteiger partial charge in [-0.2, -0.15) is 0 Å². The molecule has 0 radical (unpaired) electrons. The lowest BCUT2D eigenvalue weighted by molar-refractivity contribution is -0.143. The first kappa shape index (κ1) is 20.2. The highest BCUT2D eigenvalue weighted by molar-refractivity contribution is 6.33. The van der Waals surface area contributed by atoms with Gasteiger partial charge in [-0.3, -0.25) is 15.0 Å². The number of rotatable bonds is 6. The molecule has 2 aromatic carbocycles. The molecule has 0 aromatic heterocycles. The van der Waals surface area contributed by atoms with Crippen molar-refractivity contribution in [2.24, 2.45) is 0 Å². The van der Waals surface area contributed by atoms with Gasteiger partial charge in [0.05, 0.1) is 24.9 Å².